The maximum Gasteiger partial charge on any atom is 0.417 e. The molecule has 3 N–H and O–H groups in total. The summed E-state index contributed by atoms with van der Waals surface area (Å²) in [5.41, 5.74) is -1.48. The van der Waals surface area contributed by atoms with Crippen molar-refractivity contribution < 1.29 is 27.9 Å². The lowest BCUT2D eigenvalue weighted by Crippen LogP contribution is -2.35. The van der Waals surface area contributed by atoms with Crippen molar-refractivity contribution in [3.05, 3.63) is 34.5 Å². The Morgan fingerprint density at radius 3 is 2.51 bits per heavy atom. The van der Waals surface area contributed by atoms with Crippen LogP contribution in [0.25, 0.3) is 10.4 Å². The quantitative estimate of drug-likeness (QED) is 0.518. The fraction of sp³-hybridized carbons (Fsp3) is 0.542. The third-order valence-electron chi connectivity index (χ3n) is 5.58. The number of nitrogens with zero attached hydrogens (tertiary/aromatic N) is 2. The van der Waals surface area contributed by atoms with Gasteiger partial charge in [0.15, 0.2) is 5.01 Å². The van der Waals surface area contributed by atoms with Gasteiger partial charge in [0.2, 0.25) is 0 Å². The molecule has 2 atom stereocenters. The number of thiazole rings is 1. The molecule has 0 saturated carbocycles. The van der Waals surface area contributed by atoms with Gasteiger partial charge in [0.1, 0.15) is 5.69 Å². The number of aliphatic hydroxyl groups is 1. The zero-order valence-electron chi connectivity index (χ0n) is 20.4. The van der Waals surface area contributed by atoms with Crippen molar-refractivity contribution in [1.29, 1.82) is 0 Å². The Labute approximate surface area is 206 Å². The second-order valence-electron chi connectivity index (χ2n) is 9.88. The predicted molar refractivity (Wildman–Crippen MR) is 130 cm³/mol. The van der Waals surface area contributed by atoms with E-state index in [1.807, 2.05) is 27.7 Å². The first-order valence-corrected chi connectivity index (χ1v) is 12.3. The van der Waals surface area contributed by atoms with Gasteiger partial charge in [0.05, 0.1) is 17.0 Å². The number of benzene rings is 1. The van der Waals surface area contributed by atoms with Crippen LogP contribution in [0.1, 0.15) is 73.3 Å². The van der Waals surface area contributed by atoms with E-state index in [4.69, 9.17) is 0 Å². The standard InChI is InChI=1S/C24H31F3N4O3S/c1-13(12-32)28-20(33)21-29-18(22(34)31-10-6-7-14(31)2)19(35-21)16-9-8-15(30-23(3,4)5)11-17(16)24(25,26)27/h8-9,11,13-14,30,32H,6-7,10,12H2,1-5H3,(H,28,33)/t13-,14-/m0/s1. The number of hydrogen-bond acceptors (Lipinski definition) is 6. The highest BCUT2D eigenvalue weighted by molar-refractivity contribution is 7.17. The molecule has 0 bridgehead atoms. The van der Waals surface area contributed by atoms with E-state index in [0.717, 1.165) is 30.2 Å². The van der Waals surface area contributed by atoms with E-state index in [2.05, 4.69) is 15.6 Å². The Morgan fingerprint density at radius 2 is 1.97 bits per heavy atom. The Bertz CT molecular complexity index is 1090. The topological polar surface area (TPSA) is 94.6 Å². The van der Waals surface area contributed by atoms with Gasteiger partial charge in [-0.05, 0) is 59.6 Å². The van der Waals surface area contributed by atoms with Crippen LogP contribution in [-0.2, 0) is 6.18 Å². The highest BCUT2D eigenvalue weighted by Gasteiger charge is 2.38. The average Bonchev–Trinajstić information content (AvgIpc) is 3.38. The minimum Gasteiger partial charge on any atom is -0.394 e. The van der Waals surface area contributed by atoms with Gasteiger partial charge in [0, 0.05) is 35.4 Å². The van der Waals surface area contributed by atoms with Crippen LogP contribution < -0.4 is 10.6 Å². The van der Waals surface area contributed by atoms with Crippen molar-refractivity contribution in [3.63, 3.8) is 0 Å². The van der Waals surface area contributed by atoms with Gasteiger partial charge in [-0.15, -0.1) is 11.3 Å². The number of halogens is 3. The van der Waals surface area contributed by atoms with Crippen LogP contribution in [0.2, 0.25) is 0 Å². The van der Waals surface area contributed by atoms with E-state index in [0.29, 0.717) is 6.54 Å². The highest BCUT2D eigenvalue weighted by Crippen LogP contribution is 2.42. The Hall–Kier alpha value is -2.66. The van der Waals surface area contributed by atoms with Crippen LogP contribution in [0, 0.1) is 0 Å². The largest absolute Gasteiger partial charge is 0.417 e. The van der Waals surface area contributed by atoms with E-state index in [-0.39, 0.29) is 39.5 Å². The summed E-state index contributed by atoms with van der Waals surface area (Å²) in [6.45, 7) is 9.12. The molecule has 1 saturated heterocycles. The summed E-state index contributed by atoms with van der Waals surface area (Å²) in [7, 11) is 0. The van der Waals surface area contributed by atoms with Crippen molar-refractivity contribution >= 4 is 28.8 Å². The number of aliphatic hydroxyl groups excluding tert-OH is 1. The molecular formula is C24H31F3N4O3S. The summed E-state index contributed by atoms with van der Waals surface area (Å²) in [5, 5.41) is 14.7. The summed E-state index contributed by atoms with van der Waals surface area (Å²) in [4.78, 5) is 31.8. The Morgan fingerprint density at radius 1 is 1.29 bits per heavy atom. The number of nitrogens with one attached hydrogen (secondary N) is 2. The number of carbonyl (C=O) groups excluding carboxylic acids is 2. The molecule has 2 heterocycles. The molecular weight excluding hydrogens is 481 g/mol. The average molecular weight is 513 g/mol. The fourth-order valence-electron chi connectivity index (χ4n) is 3.93. The van der Waals surface area contributed by atoms with Gasteiger partial charge in [-0.1, -0.05) is 6.07 Å². The SMILES string of the molecule is C[C@@H](CO)NC(=O)c1nc(C(=O)N2CCC[C@@H]2C)c(-c2ccc(NC(C)(C)C)cc2C(F)(F)F)s1. The third kappa shape index (κ3) is 6.32. The van der Waals surface area contributed by atoms with E-state index in [1.165, 1.54) is 12.1 Å². The number of rotatable bonds is 6. The molecule has 1 fully saturated rings. The maximum atomic E-state index is 14.2. The third-order valence-corrected chi connectivity index (χ3v) is 6.67. The second kappa shape index (κ2) is 10.1. The molecule has 0 aliphatic carbocycles. The maximum absolute atomic E-state index is 14.2. The first kappa shape index (κ1) is 26.9. The van der Waals surface area contributed by atoms with Crippen LogP contribution in [0.3, 0.4) is 0 Å². The second-order valence-corrected chi connectivity index (χ2v) is 10.9. The fourth-order valence-corrected chi connectivity index (χ4v) is 4.93. The van der Waals surface area contributed by atoms with Gasteiger partial charge in [0.25, 0.3) is 11.8 Å². The number of aromatic nitrogens is 1. The number of carbonyl (C=O) groups is 2. The molecule has 1 aromatic heterocycles. The van der Waals surface area contributed by atoms with Crippen LogP contribution in [0.5, 0.6) is 0 Å². The van der Waals surface area contributed by atoms with Crippen LogP contribution in [-0.4, -0.2) is 57.6 Å². The van der Waals surface area contributed by atoms with Crippen molar-refractivity contribution in [1.82, 2.24) is 15.2 Å². The van der Waals surface area contributed by atoms with Crippen molar-refractivity contribution in [2.24, 2.45) is 0 Å². The normalized spacial score (nSPS) is 17.4. The van der Waals surface area contributed by atoms with E-state index in [9.17, 15) is 27.9 Å². The summed E-state index contributed by atoms with van der Waals surface area (Å²) < 4.78 is 42.5. The van der Waals surface area contributed by atoms with Crippen LogP contribution >= 0.6 is 11.3 Å². The number of hydrogen-bond donors (Lipinski definition) is 3. The molecule has 0 radical (unpaired) electrons. The minimum absolute atomic E-state index is 0.00876. The summed E-state index contributed by atoms with van der Waals surface area (Å²) in [5.74, 6) is -1.16. The predicted octanol–water partition coefficient (Wildman–Crippen LogP) is 4.77. The minimum atomic E-state index is -4.70. The number of alkyl halides is 3. The molecule has 7 nitrogen and oxygen atoms in total. The summed E-state index contributed by atoms with van der Waals surface area (Å²) in [6, 6.07) is 3.19. The van der Waals surface area contributed by atoms with Crippen LogP contribution in [0.4, 0.5) is 18.9 Å². The van der Waals surface area contributed by atoms with Gasteiger partial charge >= 0.3 is 6.18 Å². The lowest BCUT2D eigenvalue weighted by molar-refractivity contribution is -0.137. The number of amides is 2. The van der Waals surface area contributed by atoms with Crippen molar-refractivity contribution in [2.45, 2.75) is 71.3 Å². The Kier molecular flexibility index (Phi) is 7.80. The van der Waals surface area contributed by atoms with E-state index >= 15 is 0 Å². The van der Waals surface area contributed by atoms with E-state index < -0.39 is 35.1 Å². The molecule has 1 aliphatic heterocycles. The molecule has 0 unspecified atom stereocenters. The van der Waals surface area contributed by atoms with Crippen LogP contribution in [0.15, 0.2) is 18.2 Å². The molecule has 192 valence electrons. The molecule has 11 heteroatoms. The zero-order valence-corrected chi connectivity index (χ0v) is 21.2. The molecule has 2 amide bonds. The molecule has 1 aliphatic rings. The summed E-state index contributed by atoms with van der Waals surface area (Å²) >= 11 is 0.738. The van der Waals surface area contributed by atoms with Crippen molar-refractivity contribution in [3.8, 4) is 10.4 Å². The van der Waals surface area contributed by atoms with E-state index in [1.54, 1.807) is 11.8 Å². The zero-order chi connectivity index (χ0) is 26.1. The smallest absolute Gasteiger partial charge is 0.394 e. The lowest BCUT2D eigenvalue weighted by Gasteiger charge is -2.24. The molecule has 3 rings (SSSR count). The summed E-state index contributed by atoms with van der Waals surface area (Å²) in [6.07, 6.45) is -3.13. The molecule has 35 heavy (non-hydrogen) atoms. The molecule has 2 aromatic rings. The van der Waals surface area contributed by atoms with Gasteiger partial charge in [-0.2, -0.15) is 13.2 Å². The monoisotopic (exact) mass is 512 g/mol. The molecule has 1 aromatic carbocycles. The highest BCUT2D eigenvalue weighted by atomic mass is 32.1. The first-order valence-electron chi connectivity index (χ1n) is 11.4. The number of likely N-dealkylation sites (tertiary alicyclic amines) is 1. The van der Waals surface area contributed by atoms with Crippen molar-refractivity contribution in [2.75, 3.05) is 18.5 Å². The number of anilines is 1. The van der Waals surface area contributed by atoms with Gasteiger partial charge in [-0.25, -0.2) is 4.98 Å². The lowest BCUT2D eigenvalue weighted by atomic mass is 10.0. The molecule has 0 spiro atoms. The Balaban J connectivity index is 2.16. The first-order chi connectivity index (χ1) is 16.2. The van der Waals surface area contributed by atoms with Gasteiger partial charge in [-0.3, -0.25) is 9.59 Å². The van der Waals surface area contributed by atoms with Gasteiger partial charge < -0.3 is 20.6 Å².